The summed E-state index contributed by atoms with van der Waals surface area (Å²) in [6.07, 6.45) is 4.08. The molecule has 0 aromatic heterocycles. The number of nitrogens with one attached hydrogen (secondary N) is 1. The number of carbonyl (C=O) groups excluding carboxylic acids is 1. The molecule has 2 amide bonds. The second-order valence-electron chi connectivity index (χ2n) is 7.31. The van der Waals surface area contributed by atoms with Crippen LogP contribution >= 0.6 is 0 Å². The van der Waals surface area contributed by atoms with Crippen LogP contribution in [0.2, 0.25) is 0 Å². The highest BCUT2D eigenvalue weighted by atomic mass is 16.5. The predicted octanol–water partition coefficient (Wildman–Crippen LogP) is 2.86. The monoisotopic (exact) mass is 346 g/mol. The van der Waals surface area contributed by atoms with Gasteiger partial charge >= 0.3 is 6.03 Å². The number of rotatable bonds is 4. The van der Waals surface area contributed by atoms with Gasteiger partial charge in [-0.25, -0.2) is 4.79 Å². The highest BCUT2D eigenvalue weighted by molar-refractivity contribution is 5.74. The number of ether oxygens (including phenoxy) is 2. The Kier molecular flexibility index (Phi) is 5.97. The zero-order valence-electron chi connectivity index (χ0n) is 15.4. The van der Waals surface area contributed by atoms with E-state index in [9.17, 15) is 4.79 Å². The van der Waals surface area contributed by atoms with Crippen molar-refractivity contribution in [3.8, 4) is 0 Å². The minimum atomic E-state index is -0.0320. The quantitative estimate of drug-likeness (QED) is 0.912. The molecule has 2 aliphatic heterocycles. The number of benzene rings is 1. The van der Waals surface area contributed by atoms with E-state index in [2.05, 4.69) is 36.5 Å². The van der Waals surface area contributed by atoms with Crippen LogP contribution in [-0.2, 0) is 14.9 Å². The third-order valence-electron chi connectivity index (χ3n) is 5.74. The van der Waals surface area contributed by atoms with Crippen LogP contribution < -0.4 is 5.32 Å². The number of hydrogen-bond donors (Lipinski definition) is 1. The van der Waals surface area contributed by atoms with Gasteiger partial charge in [-0.15, -0.1) is 0 Å². The minimum Gasteiger partial charge on any atom is -0.381 e. The van der Waals surface area contributed by atoms with Gasteiger partial charge in [0.25, 0.3) is 0 Å². The minimum absolute atomic E-state index is 0.0289. The zero-order chi connectivity index (χ0) is 17.7. The van der Waals surface area contributed by atoms with Crippen LogP contribution in [0.25, 0.3) is 0 Å². The Balaban J connectivity index is 1.69. The number of methoxy groups -OCH3 is 1. The molecular formula is C20H30N2O3. The molecule has 1 aromatic carbocycles. The van der Waals surface area contributed by atoms with Gasteiger partial charge in [-0.2, -0.15) is 0 Å². The van der Waals surface area contributed by atoms with E-state index in [4.69, 9.17) is 9.47 Å². The topological polar surface area (TPSA) is 50.8 Å². The van der Waals surface area contributed by atoms with E-state index in [1.807, 2.05) is 4.90 Å². The van der Waals surface area contributed by atoms with Crippen molar-refractivity contribution in [2.75, 3.05) is 40.0 Å². The number of likely N-dealkylation sites (tertiary alicyclic amines) is 1. The van der Waals surface area contributed by atoms with Gasteiger partial charge in [0, 0.05) is 45.4 Å². The van der Waals surface area contributed by atoms with E-state index in [0.717, 1.165) is 45.4 Å². The Morgan fingerprint density at radius 2 is 2.12 bits per heavy atom. The van der Waals surface area contributed by atoms with Crippen LogP contribution in [0.15, 0.2) is 24.3 Å². The summed E-state index contributed by atoms with van der Waals surface area (Å²) >= 11 is 0. The molecule has 25 heavy (non-hydrogen) atoms. The molecule has 2 aliphatic rings. The Labute approximate surface area is 150 Å². The van der Waals surface area contributed by atoms with Gasteiger partial charge in [0.05, 0.1) is 6.10 Å². The van der Waals surface area contributed by atoms with Crippen LogP contribution in [0.5, 0.6) is 0 Å². The molecule has 3 rings (SSSR count). The average Bonchev–Trinajstić information content (AvgIpc) is 2.67. The van der Waals surface area contributed by atoms with Crippen LogP contribution in [-0.4, -0.2) is 57.0 Å². The third-order valence-corrected chi connectivity index (χ3v) is 5.74. The Hall–Kier alpha value is -1.59. The SMILES string of the molecule is COC1CCCN(C(=O)NCC2(c3ccccc3C)CCOCC2)C1. The van der Waals surface area contributed by atoms with Gasteiger partial charge in [-0.3, -0.25) is 0 Å². The Morgan fingerprint density at radius 1 is 1.36 bits per heavy atom. The summed E-state index contributed by atoms with van der Waals surface area (Å²) in [5.41, 5.74) is 2.60. The number of amides is 2. The normalized spacial score (nSPS) is 23.3. The molecule has 1 N–H and O–H groups in total. The fraction of sp³-hybridized carbons (Fsp3) is 0.650. The molecule has 0 bridgehead atoms. The van der Waals surface area contributed by atoms with Crippen LogP contribution in [0.3, 0.4) is 0 Å². The van der Waals surface area contributed by atoms with Gasteiger partial charge in [0.2, 0.25) is 0 Å². The van der Waals surface area contributed by atoms with Gasteiger partial charge < -0.3 is 19.7 Å². The summed E-state index contributed by atoms with van der Waals surface area (Å²) < 4.78 is 11.0. The average molecular weight is 346 g/mol. The number of carbonyl (C=O) groups is 1. The molecule has 2 heterocycles. The van der Waals surface area contributed by atoms with Gasteiger partial charge in [0.15, 0.2) is 0 Å². The third kappa shape index (κ3) is 4.15. The lowest BCUT2D eigenvalue weighted by Crippen LogP contribution is -2.51. The summed E-state index contributed by atoms with van der Waals surface area (Å²) in [6, 6.07) is 8.55. The van der Waals surface area contributed by atoms with Gasteiger partial charge in [-0.05, 0) is 43.7 Å². The van der Waals surface area contributed by atoms with E-state index in [1.165, 1.54) is 11.1 Å². The van der Waals surface area contributed by atoms with Gasteiger partial charge in [0.1, 0.15) is 0 Å². The fourth-order valence-electron chi connectivity index (χ4n) is 4.14. The maximum absolute atomic E-state index is 12.7. The molecule has 138 valence electrons. The maximum atomic E-state index is 12.7. The van der Waals surface area contributed by atoms with E-state index in [0.29, 0.717) is 13.1 Å². The van der Waals surface area contributed by atoms with Crippen molar-refractivity contribution in [2.24, 2.45) is 0 Å². The van der Waals surface area contributed by atoms with Crippen molar-refractivity contribution in [1.82, 2.24) is 10.2 Å². The summed E-state index contributed by atoms with van der Waals surface area (Å²) in [7, 11) is 1.72. The number of piperidine rings is 1. The molecule has 0 aliphatic carbocycles. The molecule has 5 heteroatoms. The van der Waals surface area contributed by atoms with Crippen LogP contribution in [0.1, 0.15) is 36.8 Å². The molecule has 1 aromatic rings. The smallest absolute Gasteiger partial charge is 0.317 e. The van der Waals surface area contributed by atoms with E-state index >= 15 is 0 Å². The summed E-state index contributed by atoms with van der Waals surface area (Å²) in [5, 5.41) is 3.21. The molecule has 5 nitrogen and oxygen atoms in total. The number of nitrogens with zero attached hydrogens (tertiary/aromatic N) is 1. The van der Waals surface area contributed by atoms with E-state index < -0.39 is 0 Å². The van der Waals surface area contributed by atoms with Crippen LogP contribution in [0.4, 0.5) is 4.79 Å². The first-order valence-electron chi connectivity index (χ1n) is 9.34. The van der Waals surface area contributed by atoms with Crippen molar-refractivity contribution in [3.05, 3.63) is 35.4 Å². The van der Waals surface area contributed by atoms with Crippen molar-refractivity contribution in [1.29, 1.82) is 0 Å². The van der Waals surface area contributed by atoms with E-state index in [1.54, 1.807) is 7.11 Å². The van der Waals surface area contributed by atoms with E-state index in [-0.39, 0.29) is 17.6 Å². The molecule has 2 fully saturated rings. The van der Waals surface area contributed by atoms with Crippen molar-refractivity contribution in [2.45, 2.75) is 44.1 Å². The lowest BCUT2D eigenvalue weighted by molar-refractivity contribution is 0.0393. The first kappa shape index (κ1) is 18.2. The maximum Gasteiger partial charge on any atom is 0.317 e. The lowest BCUT2D eigenvalue weighted by Gasteiger charge is -2.40. The summed E-state index contributed by atoms with van der Waals surface area (Å²) in [5.74, 6) is 0. The summed E-state index contributed by atoms with van der Waals surface area (Å²) in [6.45, 7) is 5.81. The standard InChI is InChI=1S/C20H30N2O3/c1-16-6-3-4-8-18(16)20(9-12-25-13-10-20)15-21-19(23)22-11-5-7-17(14-22)24-2/h3-4,6,8,17H,5,7,9-15H2,1-2H3,(H,21,23). The first-order chi connectivity index (χ1) is 12.1. The molecule has 1 atom stereocenters. The fourth-order valence-corrected chi connectivity index (χ4v) is 4.14. The molecule has 1 unspecified atom stereocenters. The molecule has 0 radical (unpaired) electrons. The first-order valence-corrected chi connectivity index (χ1v) is 9.34. The highest BCUT2D eigenvalue weighted by Gasteiger charge is 2.36. The second kappa shape index (κ2) is 8.19. The molecule has 0 saturated carbocycles. The zero-order valence-corrected chi connectivity index (χ0v) is 15.4. The van der Waals surface area contributed by atoms with Crippen molar-refractivity contribution < 1.29 is 14.3 Å². The Bertz CT molecular complexity index is 584. The van der Waals surface area contributed by atoms with Gasteiger partial charge in [-0.1, -0.05) is 24.3 Å². The molecule has 0 spiro atoms. The summed E-state index contributed by atoms with van der Waals surface area (Å²) in [4.78, 5) is 14.6. The van der Waals surface area contributed by atoms with Crippen LogP contribution in [0, 0.1) is 6.92 Å². The lowest BCUT2D eigenvalue weighted by atomic mass is 9.72. The highest BCUT2D eigenvalue weighted by Crippen LogP contribution is 2.36. The molecular weight excluding hydrogens is 316 g/mol. The van der Waals surface area contributed by atoms with Crippen molar-refractivity contribution in [3.63, 3.8) is 0 Å². The number of aryl methyl sites for hydroxylation is 1. The van der Waals surface area contributed by atoms with Crippen molar-refractivity contribution >= 4 is 6.03 Å². The second-order valence-corrected chi connectivity index (χ2v) is 7.31. The molecule has 2 saturated heterocycles. The Morgan fingerprint density at radius 3 is 2.84 bits per heavy atom. The number of hydrogen-bond acceptors (Lipinski definition) is 3. The predicted molar refractivity (Wildman–Crippen MR) is 97.9 cm³/mol. The number of urea groups is 1. The largest absolute Gasteiger partial charge is 0.381 e.